The Labute approximate surface area is 206 Å². The molecule has 5 rings (SSSR count). The zero-order valence-corrected chi connectivity index (χ0v) is 22.4. The Morgan fingerprint density at radius 1 is 1.00 bits per heavy atom. The molecular weight excluding hydrogens is 424 g/mol. The lowest BCUT2D eigenvalue weighted by Crippen LogP contribution is -2.60. The van der Waals surface area contributed by atoms with Crippen molar-refractivity contribution in [1.29, 1.82) is 0 Å². The van der Waals surface area contributed by atoms with Crippen molar-refractivity contribution in [2.45, 2.75) is 118 Å². The molecule has 0 aromatic heterocycles. The molecule has 4 aliphatic carbocycles. The molecule has 4 heteroatoms. The Hall–Kier alpha value is -1.13. The number of cyclic esters (lactones) is 1. The van der Waals surface area contributed by atoms with Crippen molar-refractivity contribution in [2.75, 3.05) is 0 Å². The van der Waals surface area contributed by atoms with Crippen LogP contribution in [0.15, 0.2) is 22.8 Å². The van der Waals surface area contributed by atoms with E-state index in [0.717, 1.165) is 37.7 Å². The van der Waals surface area contributed by atoms with Gasteiger partial charge in [0.2, 0.25) is 0 Å². The average Bonchev–Trinajstić information content (AvgIpc) is 3.05. The molecule has 0 aromatic carbocycles. The molecule has 0 spiro atoms. The normalized spacial score (nSPS) is 48.9. The van der Waals surface area contributed by atoms with E-state index < -0.39 is 12.2 Å². The van der Waals surface area contributed by atoms with E-state index >= 15 is 0 Å². The average molecular weight is 471 g/mol. The lowest BCUT2D eigenvalue weighted by Gasteiger charge is -2.63. The van der Waals surface area contributed by atoms with Crippen molar-refractivity contribution in [2.24, 2.45) is 39.4 Å². The molecule has 1 aliphatic heterocycles. The largest absolute Gasteiger partial charge is 0.458 e. The first-order chi connectivity index (χ1) is 15.8. The molecule has 9 atom stereocenters. The summed E-state index contributed by atoms with van der Waals surface area (Å²) in [6.07, 6.45) is 9.09. The predicted molar refractivity (Wildman–Crippen MR) is 134 cm³/mol. The number of hydrogen-bond donors (Lipinski definition) is 2. The van der Waals surface area contributed by atoms with Gasteiger partial charge in [-0.3, -0.25) is 0 Å². The first-order valence-electron chi connectivity index (χ1n) is 13.8. The second-order valence-electron chi connectivity index (χ2n) is 13.7. The SMILES string of the molecule is CC1=CCC(C(C)C2CCC3(C)C4=C(CCC23C)C2(C)C(O)CC(O)C(C)(C)C2CC4)OC1=O. The van der Waals surface area contributed by atoms with Crippen molar-refractivity contribution >= 4 is 5.97 Å². The molecule has 0 radical (unpaired) electrons. The topological polar surface area (TPSA) is 66.8 Å². The van der Waals surface area contributed by atoms with Gasteiger partial charge in [-0.25, -0.2) is 4.79 Å². The van der Waals surface area contributed by atoms with Crippen molar-refractivity contribution in [3.05, 3.63) is 22.8 Å². The highest BCUT2D eigenvalue weighted by molar-refractivity contribution is 5.88. The third-order valence-corrected chi connectivity index (χ3v) is 12.4. The summed E-state index contributed by atoms with van der Waals surface area (Å²) in [6, 6.07) is 0. The number of allylic oxidation sites excluding steroid dienone is 1. The molecule has 4 nitrogen and oxygen atoms in total. The summed E-state index contributed by atoms with van der Waals surface area (Å²) in [5, 5.41) is 22.2. The zero-order valence-electron chi connectivity index (χ0n) is 22.4. The minimum atomic E-state index is -0.480. The molecule has 1 heterocycles. The van der Waals surface area contributed by atoms with Crippen LogP contribution < -0.4 is 0 Å². The van der Waals surface area contributed by atoms with Crippen molar-refractivity contribution < 1.29 is 19.7 Å². The van der Waals surface area contributed by atoms with Gasteiger partial charge < -0.3 is 14.9 Å². The van der Waals surface area contributed by atoms with E-state index in [4.69, 9.17) is 4.74 Å². The fraction of sp³-hybridized carbons (Fsp3) is 0.833. The zero-order chi connectivity index (χ0) is 24.8. The Morgan fingerprint density at radius 2 is 1.71 bits per heavy atom. The maximum Gasteiger partial charge on any atom is 0.333 e. The van der Waals surface area contributed by atoms with E-state index in [2.05, 4.69) is 47.6 Å². The molecule has 0 aromatic rings. The number of fused-ring (bicyclic) bond motifs is 4. The maximum atomic E-state index is 12.3. The van der Waals surface area contributed by atoms with E-state index in [1.54, 1.807) is 5.57 Å². The Kier molecular flexibility index (Phi) is 5.55. The second kappa shape index (κ2) is 7.68. The highest BCUT2D eigenvalue weighted by Gasteiger charge is 2.65. The summed E-state index contributed by atoms with van der Waals surface area (Å²) in [5.74, 6) is 1.02. The van der Waals surface area contributed by atoms with E-state index in [-0.39, 0.29) is 33.7 Å². The molecule has 190 valence electrons. The van der Waals surface area contributed by atoms with Crippen LogP contribution in [0.3, 0.4) is 0 Å². The van der Waals surface area contributed by atoms with Crippen LogP contribution in [-0.4, -0.2) is 34.5 Å². The summed E-state index contributed by atoms with van der Waals surface area (Å²) in [4.78, 5) is 12.3. The molecular formula is C30H46O4. The molecule has 9 unspecified atom stereocenters. The van der Waals surface area contributed by atoms with Crippen LogP contribution >= 0.6 is 0 Å². The number of aliphatic hydroxyl groups is 2. The Morgan fingerprint density at radius 3 is 2.38 bits per heavy atom. The number of carbonyl (C=O) groups excluding carboxylic acids is 1. The third kappa shape index (κ3) is 3.00. The van der Waals surface area contributed by atoms with Gasteiger partial charge in [0.15, 0.2) is 0 Å². The lowest BCUT2D eigenvalue weighted by atomic mass is 9.42. The highest BCUT2D eigenvalue weighted by Crippen LogP contribution is 2.72. The van der Waals surface area contributed by atoms with Crippen LogP contribution in [0.25, 0.3) is 0 Å². The summed E-state index contributed by atoms with van der Waals surface area (Å²) in [7, 11) is 0. The second-order valence-corrected chi connectivity index (χ2v) is 13.7. The van der Waals surface area contributed by atoms with Crippen LogP contribution in [0.4, 0.5) is 0 Å². The van der Waals surface area contributed by atoms with E-state index in [9.17, 15) is 15.0 Å². The number of ether oxygens (including phenoxy) is 1. The van der Waals surface area contributed by atoms with Crippen molar-refractivity contribution in [3.63, 3.8) is 0 Å². The van der Waals surface area contributed by atoms with E-state index in [1.165, 1.54) is 18.4 Å². The summed E-state index contributed by atoms with van der Waals surface area (Å²) in [5.41, 5.74) is 3.75. The number of esters is 1. The quantitative estimate of drug-likeness (QED) is 0.386. The molecule has 0 saturated heterocycles. The molecule has 0 bridgehead atoms. The lowest BCUT2D eigenvalue weighted by molar-refractivity contribution is -0.156. The van der Waals surface area contributed by atoms with Gasteiger partial charge >= 0.3 is 5.97 Å². The fourth-order valence-corrected chi connectivity index (χ4v) is 9.75. The van der Waals surface area contributed by atoms with Gasteiger partial charge in [0, 0.05) is 23.8 Å². The molecule has 34 heavy (non-hydrogen) atoms. The maximum absolute atomic E-state index is 12.3. The number of rotatable bonds is 2. The monoisotopic (exact) mass is 470 g/mol. The van der Waals surface area contributed by atoms with Gasteiger partial charge in [-0.2, -0.15) is 0 Å². The molecule has 2 fully saturated rings. The third-order valence-electron chi connectivity index (χ3n) is 12.4. The van der Waals surface area contributed by atoms with Gasteiger partial charge in [0.25, 0.3) is 0 Å². The van der Waals surface area contributed by atoms with Gasteiger partial charge in [0.1, 0.15) is 6.10 Å². The van der Waals surface area contributed by atoms with Crippen LogP contribution in [0.1, 0.15) is 99.8 Å². The smallest absolute Gasteiger partial charge is 0.333 e. The van der Waals surface area contributed by atoms with Crippen LogP contribution in [0.2, 0.25) is 0 Å². The van der Waals surface area contributed by atoms with Crippen molar-refractivity contribution in [1.82, 2.24) is 0 Å². The van der Waals surface area contributed by atoms with Crippen LogP contribution in [0, 0.1) is 39.4 Å². The number of aliphatic hydroxyl groups excluding tert-OH is 2. The molecule has 5 aliphatic rings. The van der Waals surface area contributed by atoms with Gasteiger partial charge in [-0.1, -0.05) is 58.8 Å². The predicted octanol–water partition coefficient (Wildman–Crippen LogP) is 5.97. The van der Waals surface area contributed by atoms with Crippen molar-refractivity contribution in [3.8, 4) is 0 Å². The standard InChI is InChI=1S/C30H46O4/c1-17-8-10-22(34-26(17)33)18(2)19-12-14-29(6)20-9-11-23-27(3,4)24(31)16-25(32)30(23,7)21(20)13-15-28(19,29)5/h8,18-19,22-25,31-32H,9-16H2,1-7H3. The minimum absolute atomic E-state index is 0.0218. The van der Waals surface area contributed by atoms with E-state index in [0.29, 0.717) is 24.2 Å². The summed E-state index contributed by atoms with van der Waals surface area (Å²) >= 11 is 0. The number of carbonyl (C=O) groups is 1. The Bertz CT molecular complexity index is 945. The Balaban J connectivity index is 1.50. The molecule has 2 N–H and O–H groups in total. The summed E-state index contributed by atoms with van der Waals surface area (Å²) in [6.45, 7) is 15.9. The van der Waals surface area contributed by atoms with E-state index in [1.807, 2.05) is 6.92 Å². The first kappa shape index (κ1) is 24.6. The molecule has 2 saturated carbocycles. The van der Waals surface area contributed by atoms with Gasteiger partial charge in [0.05, 0.1) is 12.2 Å². The van der Waals surface area contributed by atoms with Gasteiger partial charge in [-0.15, -0.1) is 0 Å². The molecule has 0 amide bonds. The minimum Gasteiger partial charge on any atom is -0.458 e. The van der Waals surface area contributed by atoms with Crippen LogP contribution in [0.5, 0.6) is 0 Å². The summed E-state index contributed by atoms with van der Waals surface area (Å²) < 4.78 is 5.89. The highest BCUT2D eigenvalue weighted by atomic mass is 16.5. The van der Waals surface area contributed by atoms with Gasteiger partial charge in [-0.05, 0) is 79.4 Å². The number of hydrogen-bond acceptors (Lipinski definition) is 4. The fourth-order valence-electron chi connectivity index (χ4n) is 9.75. The first-order valence-corrected chi connectivity index (χ1v) is 13.8. The van der Waals surface area contributed by atoms with Crippen LogP contribution in [-0.2, 0) is 9.53 Å².